The van der Waals surface area contributed by atoms with Gasteiger partial charge in [-0.1, -0.05) is 24.3 Å². The molecule has 0 fully saturated rings. The molecule has 0 aliphatic rings. The first-order valence-electron chi connectivity index (χ1n) is 5.28. The van der Waals surface area contributed by atoms with Crippen molar-refractivity contribution in [2.24, 2.45) is 0 Å². The monoisotopic (exact) mass is 231 g/mol. The number of aliphatic hydroxyl groups is 1. The van der Waals surface area contributed by atoms with Crippen molar-refractivity contribution < 1.29 is 15.0 Å². The highest BCUT2D eigenvalue weighted by atomic mass is 16.3. The van der Waals surface area contributed by atoms with Crippen LogP contribution in [0, 0.1) is 0 Å². The summed E-state index contributed by atoms with van der Waals surface area (Å²) in [6.45, 7) is 1.44. The van der Waals surface area contributed by atoms with Crippen LogP contribution in [0.1, 0.15) is 17.3 Å². The van der Waals surface area contributed by atoms with Gasteiger partial charge in [-0.15, -0.1) is 0 Å². The van der Waals surface area contributed by atoms with Crippen molar-refractivity contribution in [3.05, 3.63) is 42.0 Å². The van der Waals surface area contributed by atoms with Gasteiger partial charge >= 0.3 is 0 Å². The fraction of sp³-hybridized carbons (Fsp3) is 0.154. The fourth-order valence-corrected chi connectivity index (χ4v) is 1.68. The Balaban J connectivity index is 2.47. The van der Waals surface area contributed by atoms with Crippen LogP contribution >= 0.6 is 0 Å². The SMILES string of the molecule is CC(O)NC(=O)c1cc2ccccc2cc1O. The van der Waals surface area contributed by atoms with Crippen molar-refractivity contribution in [1.29, 1.82) is 0 Å². The van der Waals surface area contributed by atoms with E-state index in [1.165, 1.54) is 13.0 Å². The van der Waals surface area contributed by atoms with Crippen LogP contribution in [0.2, 0.25) is 0 Å². The number of phenolic OH excluding ortho intramolecular Hbond substituents is 1. The average Bonchev–Trinajstić information content (AvgIpc) is 2.27. The molecule has 0 heterocycles. The van der Waals surface area contributed by atoms with Crippen LogP contribution in [0.3, 0.4) is 0 Å². The minimum atomic E-state index is -0.951. The van der Waals surface area contributed by atoms with Crippen LogP contribution in [-0.2, 0) is 0 Å². The molecule has 0 spiro atoms. The van der Waals surface area contributed by atoms with E-state index in [-0.39, 0.29) is 11.3 Å². The normalized spacial score (nSPS) is 12.4. The van der Waals surface area contributed by atoms with Gasteiger partial charge in [0, 0.05) is 0 Å². The van der Waals surface area contributed by atoms with Crippen LogP contribution in [-0.4, -0.2) is 22.3 Å². The van der Waals surface area contributed by atoms with Gasteiger partial charge in [-0.05, 0) is 29.8 Å². The molecule has 4 nitrogen and oxygen atoms in total. The predicted molar refractivity (Wildman–Crippen MR) is 64.8 cm³/mol. The van der Waals surface area contributed by atoms with E-state index >= 15 is 0 Å². The third kappa shape index (κ3) is 2.37. The lowest BCUT2D eigenvalue weighted by atomic mass is 10.1. The third-order valence-corrected chi connectivity index (χ3v) is 2.45. The smallest absolute Gasteiger partial charge is 0.257 e. The number of fused-ring (bicyclic) bond motifs is 1. The molecular formula is C13H13NO3. The Bertz CT molecular complexity index is 564. The highest BCUT2D eigenvalue weighted by Gasteiger charge is 2.13. The highest BCUT2D eigenvalue weighted by molar-refractivity contribution is 6.01. The zero-order valence-electron chi connectivity index (χ0n) is 9.34. The van der Waals surface area contributed by atoms with Gasteiger partial charge < -0.3 is 15.5 Å². The molecular weight excluding hydrogens is 218 g/mol. The minimum Gasteiger partial charge on any atom is -0.507 e. The van der Waals surface area contributed by atoms with Crippen molar-refractivity contribution in [3.8, 4) is 5.75 Å². The van der Waals surface area contributed by atoms with Crippen molar-refractivity contribution in [2.45, 2.75) is 13.2 Å². The molecule has 0 bridgehead atoms. The maximum atomic E-state index is 11.7. The van der Waals surface area contributed by atoms with Gasteiger partial charge in [-0.25, -0.2) is 0 Å². The van der Waals surface area contributed by atoms with Crippen LogP contribution in [0.15, 0.2) is 36.4 Å². The predicted octanol–water partition coefficient (Wildman–Crippen LogP) is 1.61. The van der Waals surface area contributed by atoms with E-state index in [1.54, 1.807) is 6.07 Å². The standard InChI is InChI=1S/C13H13NO3/c1-8(15)14-13(17)11-6-9-4-2-3-5-10(9)7-12(11)16/h2-8,15-16H,1H3,(H,14,17). The molecule has 0 saturated heterocycles. The maximum absolute atomic E-state index is 11.7. The number of phenols is 1. The Morgan fingerprint density at radius 2 is 1.82 bits per heavy atom. The second kappa shape index (κ2) is 4.43. The second-order valence-corrected chi connectivity index (χ2v) is 3.87. The van der Waals surface area contributed by atoms with Crippen LogP contribution < -0.4 is 5.32 Å². The molecule has 0 saturated carbocycles. The highest BCUT2D eigenvalue weighted by Crippen LogP contribution is 2.24. The summed E-state index contributed by atoms with van der Waals surface area (Å²) in [5, 5.41) is 22.9. The molecule has 2 aromatic rings. The molecule has 0 aliphatic carbocycles. The van der Waals surface area contributed by atoms with E-state index in [0.717, 1.165) is 10.8 Å². The zero-order valence-corrected chi connectivity index (χ0v) is 9.34. The number of carbonyl (C=O) groups excluding carboxylic acids is 1. The molecule has 0 aromatic heterocycles. The Morgan fingerprint density at radius 1 is 1.24 bits per heavy atom. The third-order valence-electron chi connectivity index (χ3n) is 2.45. The van der Waals surface area contributed by atoms with E-state index in [2.05, 4.69) is 5.32 Å². The number of hydrogen-bond acceptors (Lipinski definition) is 3. The Morgan fingerprint density at radius 3 is 2.41 bits per heavy atom. The topological polar surface area (TPSA) is 69.6 Å². The minimum absolute atomic E-state index is 0.0955. The summed E-state index contributed by atoms with van der Waals surface area (Å²) in [7, 11) is 0. The van der Waals surface area contributed by atoms with Crippen molar-refractivity contribution in [3.63, 3.8) is 0 Å². The van der Waals surface area contributed by atoms with Crippen molar-refractivity contribution in [1.82, 2.24) is 5.32 Å². The second-order valence-electron chi connectivity index (χ2n) is 3.87. The quantitative estimate of drug-likeness (QED) is 0.688. The summed E-state index contributed by atoms with van der Waals surface area (Å²) >= 11 is 0. The van der Waals surface area contributed by atoms with Gasteiger partial charge in [0.25, 0.3) is 5.91 Å². The first-order valence-corrected chi connectivity index (χ1v) is 5.28. The molecule has 1 atom stereocenters. The Kier molecular flexibility index (Phi) is 2.97. The lowest BCUT2D eigenvalue weighted by Gasteiger charge is -2.10. The summed E-state index contributed by atoms with van der Waals surface area (Å²) in [5.74, 6) is -0.592. The first kappa shape index (κ1) is 11.4. The van der Waals surface area contributed by atoms with Crippen molar-refractivity contribution >= 4 is 16.7 Å². The summed E-state index contributed by atoms with van der Waals surface area (Å²) in [5.41, 5.74) is 0.157. The Hall–Kier alpha value is -2.07. The van der Waals surface area contributed by atoms with E-state index in [0.29, 0.717) is 0 Å². The average molecular weight is 231 g/mol. The number of amides is 1. The Labute approximate surface area is 98.5 Å². The number of hydrogen-bond donors (Lipinski definition) is 3. The van der Waals surface area contributed by atoms with E-state index < -0.39 is 12.1 Å². The summed E-state index contributed by atoms with van der Waals surface area (Å²) < 4.78 is 0. The lowest BCUT2D eigenvalue weighted by molar-refractivity contribution is 0.0816. The molecule has 4 heteroatoms. The molecule has 2 rings (SSSR count). The van der Waals surface area contributed by atoms with Crippen LogP contribution in [0.25, 0.3) is 10.8 Å². The molecule has 1 unspecified atom stereocenters. The van der Waals surface area contributed by atoms with E-state index in [9.17, 15) is 9.90 Å². The van der Waals surface area contributed by atoms with Gasteiger partial charge in [0.15, 0.2) is 0 Å². The molecule has 0 radical (unpaired) electrons. The summed E-state index contributed by atoms with van der Waals surface area (Å²) in [6.07, 6.45) is -0.951. The zero-order chi connectivity index (χ0) is 12.4. The maximum Gasteiger partial charge on any atom is 0.257 e. The molecule has 1 amide bonds. The molecule has 0 aliphatic heterocycles. The largest absolute Gasteiger partial charge is 0.507 e. The number of nitrogens with one attached hydrogen (secondary N) is 1. The van der Waals surface area contributed by atoms with Gasteiger partial charge in [0.2, 0.25) is 0 Å². The molecule has 3 N–H and O–H groups in total. The van der Waals surface area contributed by atoms with Gasteiger partial charge in [-0.2, -0.15) is 0 Å². The number of aromatic hydroxyl groups is 1. The van der Waals surface area contributed by atoms with Crippen molar-refractivity contribution in [2.75, 3.05) is 0 Å². The van der Waals surface area contributed by atoms with E-state index in [4.69, 9.17) is 5.11 Å². The van der Waals surface area contributed by atoms with Crippen LogP contribution in [0.4, 0.5) is 0 Å². The number of carbonyl (C=O) groups is 1. The molecule has 2 aromatic carbocycles. The summed E-state index contributed by atoms with van der Waals surface area (Å²) in [4.78, 5) is 11.7. The molecule has 17 heavy (non-hydrogen) atoms. The molecule has 88 valence electrons. The lowest BCUT2D eigenvalue weighted by Crippen LogP contribution is -2.32. The number of rotatable bonds is 2. The van der Waals surface area contributed by atoms with Gasteiger partial charge in [0.1, 0.15) is 12.0 Å². The number of aliphatic hydroxyl groups excluding tert-OH is 1. The number of benzene rings is 2. The van der Waals surface area contributed by atoms with E-state index in [1.807, 2.05) is 24.3 Å². The fourth-order valence-electron chi connectivity index (χ4n) is 1.68. The summed E-state index contributed by atoms with van der Waals surface area (Å²) in [6, 6.07) is 10.6. The first-order chi connectivity index (χ1) is 8.08. The van der Waals surface area contributed by atoms with Gasteiger partial charge in [-0.3, -0.25) is 4.79 Å². The van der Waals surface area contributed by atoms with Gasteiger partial charge in [0.05, 0.1) is 5.56 Å². The van der Waals surface area contributed by atoms with Crippen LogP contribution in [0.5, 0.6) is 5.75 Å².